The Morgan fingerprint density at radius 3 is 1.69 bits per heavy atom. The zero-order chi connectivity index (χ0) is 33.1. The van der Waals surface area contributed by atoms with E-state index in [2.05, 4.69) is 156 Å². The molecule has 0 spiro atoms. The van der Waals surface area contributed by atoms with Gasteiger partial charge in [-0.15, -0.1) is 4.58 Å². The number of rotatable bonds is 7. The van der Waals surface area contributed by atoms with E-state index in [1.807, 2.05) is 25.4 Å². The van der Waals surface area contributed by atoms with Crippen molar-refractivity contribution in [2.75, 3.05) is 7.05 Å². The highest BCUT2D eigenvalue weighted by molar-refractivity contribution is 6.28. The van der Waals surface area contributed by atoms with E-state index in [0.717, 1.165) is 22.8 Å². The van der Waals surface area contributed by atoms with Crippen LogP contribution >= 0.6 is 0 Å². The fraction of sp³-hybridized carbons (Fsp3) is 0.0217. The third kappa shape index (κ3) is 4.26. The van der Waals surface area contributed by atoms with E-state index < -0.39 is 0 Å². The minimum Gasteiger partial charge on any atom is -0.394 e. The maximum Gasteiger partial charge on any atom is 0.243 e. The van der Waals surface area contributed by atoms with Crippen molar-refractivity contribution in [1.29, 1.82) is 0 Å². The molecule has 7 aromatic carbocycles. The summed E-state index contributed by atoms with van der Waals surface area (Å²) in [6.07, 6.45) is 5.70. The third-order valence-electron chi connectivity index (χ3n) is 9.99. The van der Waals surface area contributed by atoms with Gasteiger partial charge in [-0.2, -0.15) is 0 Å². The molecule has 1 aliphatic carbocycles. The maximum absolute atomic E-state index is 6.38. The highest BCUT2D eigenvalue weighted by atomic mass is 15.1. The van der Waals surface area contributed by atoms with E-state index in [4.69, 9.17) is 5.73 Å². The normalized spacial score (nSPS) is 13.3. The molecule has 0 saturated heterocycles. The molecule has 9 rings (SSSR count). The standard InChI is InChI=1S/C46H33N3/c1-3-39-46(47)40(27-28-48-2)49(39)32-23-21-29(22-24-32)33-25-26-38-43-34(33)19-12-20-37(43)44-41(30-13-6-4-7-14-30)35-17-10-11-18-36(35)42(45(38)44)31-15-8-5-9-16-31/h3-28H,1,47H2,2H3/p+1. The highest BCUT2D eigenvalue weighted by Crippen LogP contribution is 2.58. The smallest absolute Gasteiger partial charge is 0.243 e. The van der Waals surface area contributed by atoms with E-state index in [-0.39, 0.29) is 0 Å². The molecule has 232 valence electrons. The first-order valence-electron chi connectivity index (χ1n) is 16.7. The molecule has 0 amide bonds. The summed E-state index contributed by atoms with van der Waals surface area (Å²) < 4.78 is 2.14. The number of nitrogens with two attached hydrogens (primary N) is 1. The zero-order valence-electron chi connectivity index (χ0n) is 27.2. The van der Waals surface area contributed by atoms with Crippen molar-refractivity contribution >= 4 is 32.9 Å². The Balaban J connectivity index is 1.28. The van der Waals surface area contributed by atoms with Gasteiger partial charge in [0, 0.05) is 37.5 Å². The summed E-state index contributed by atoms with van der Waals surface area (Å²) >= 11 is 0. The Morgan fingerprint density at radius 1 is 0.551 bits per heavy atom. The van der Waals surface area contributed by atoms with E-state index in [1.54, 1.807) is 0 Å². The first-order valence-corrected chi connectivity index (χ1v) is 16.7. The number of hydrogen-bond acceptors (Lipinski definition) is 2. The van der Waals surface area contributed by atoms with Crippen molar-refractivity contribution in [1.82, 2.24) is 5.32 Å². The van der Waals surface area contributed by atoms with E-state index in [0.29, 0.717) is 0 Å². The van der Waals surface area contributed by atoms with Crippen molar-refractivity contribution in [3.63, 3.8) is 0 Å². The largest absolute Gasteiger partial charge is 0.394 e. The van der Waals surface area contributed by atoms with Crippen LogP contribution in [0.15, 0.2) is 176 Å². The fourth-order valence-electron chi connectivity index (χ4n) is 7.91. The molecule has 0 saturated carbocycles. The van der Waals surface area contributed by atoms with E-state index in [9.17, 15) is 0 Å². The minimum atomic E-state index is 0.745. The Hall–Kier alpha value is -6.45. The summed E-state index contributed by atoms with van der Waals surface area (Å²) in [7, 11) is 1.88. The van der Waals surface area contributed by atoms with Crippen LogP contribution in [0.25, 0.3) is 77.2 Å². The second-order valence-corrected chi connectivity index (χ2v) is 12.6. The number of benzene rings is 7. The monoisotopic (exact) mass is 628 g/mol. The number of allylic oxidation sites excluding steroid dienone is 2. The molecular weight excluding hydrogens is 595 g/mol. The Labute approximate surface area is 286 Å². The highest BCUT2D eigenvalue weighted by Gasteiger charge is 2.36. The van der Waals surface area contributed by atoms with Gasteiger partial charge in [-0.05, 0) is 89.3 Å². The molecule has 3 heteroatoms. The number of nitrogens with zero attached hydrogens (tertiary/aromatic N) is 1. The van der Waals surface area contributed by atoms with Crippen LogP contribution in [0.1, 0.15) is 0 Å². The number of hydrogen-bond donors (Lipinski definition) is 2. The van der Waals surface area contributed by atoms with Gasteiger partial charge in [-0.3, -0.25) is 0 Å². The summed E-state index contributed by atoms with van der Waals surface area (Å²) in [6.45, 7) is 4.00. The molecule has 0 bridgehead atoms. The topological polar surface area (TPSA) is 41.1 Å². The van der Waals surface area contributed by atoms with Crippen molar-refractivity contribution < 1.29 is 4.58 Å². The molecule has 2 aliphatic rings. The van der Waals surface area contributed by atoms with Crippen LogP contribution in [0.5, 0.6) is 0 Å². The molecule has 3 nitrogen and oxygen atoms in total. The molecule has 0 radical (unpaired) electrons. The molecule has 0 aromatic heterocycles. The Morgan fingerprint density at radius 2 is 1.10 bits per heavy atom. The predicted octanol–water partition coefficient (Wildman–Crippen LogP) is 10.8. The van der Waals surface area contributed by atoms with Gasteiger partial charge in [0.2, 0.25) is 17.1 Å². The zero-order valence-corrected chi connectivity index (χ0v) is 27.2. The van der Waals surface area contributed by atoms with Crippen LogP contribution in [-0.2, 0) is 0 Å². The van der Waals surface area contributed by atoms with Crippen LogP contribution in [0.2, 0.25) is 0 Å². The first kappa shape index (κ1) is 28.7. The molecule has 7 aromatic rings. The Bertz CT molecular complexity index is 2480. The van der Waals surface area contributed by atoms with Crippen LogP contribution in [0, 0.1) is 0 Å². The Kier molecular flexibility index (Phi) is 6.66. The summed E-state index contributed by atoms with van der Waals surface area (Å²) in [4.78, 5) is 0. The summed E-state index contributed by atoms with van der Waals surface area (Å²) in [5.41, 5.74) is 22.7. The van der Waals surface area contributed by atoms with Gasteiger partial charge < -0.3 is 11.1 Å². The van der Waals surface area contributed by atoms with Gasteiger partial charge in [-0.25, -0.2) is 0 Å². The van der Waals surface area contributed by atoms with Gasteiger partial charge in [0.25, 0.3) is 0 Å². The molecule has 49 heavy (non-hydrogen) atoms. The third-order valence-corrected chi connectivity index (χ3v) is 9.99. The SMILES string of the molecule is C=CC1=C(N)C(/C=C\NC)=[N+]1c1ccc(-c2ccc3c4c(cccc24)-c2c-3c(-c3ccccc3)c3ccccc3c2-c2ccccc2)cc1. The van der Waals surface area contributed by atoms with Crippen molar-refractivity contribution in [2.24, 2.45) is 5.73 Å². The second-order valence-electron chi connectivity index (χ2n) is 12.6. The summed E-state index contributed by atoms with van der Waals surface area (Å²) in [5.74, 6) is 0. The van der Waals surface area contributed by atoms with Crippen LogP contribution in [0.4, 0.5) is 5.69 Å². The van der Waals surface area contributed by atoms with Gasteiger partial charge in [-0.1, -0.05) is 122 Å². The average Bonchev–Trinajstić information content (AvgIpc) is 3.49. The summed E-state index contributed by atoms with van der Waals surface area (Å²) in [6, 6.07) is 50.9. The van der Waals surface area contributed by atoms with Crippen molar-refractivity contribution in [3.8, 4) is 55.6 Å². The minimum absolute atomic E-state index is 0.745. The maximum atomic E-state index is 6.38. The quantitative estimate of drug-likeness (QED) is 0.172. The average molecular weight is 629 g/mol. The lowest BCUT2D eigenvalue weighted by Gasteiger charge is -2.20. The van der Waals surface area contributed by atoms with Gasteiger partial charge in [0.05, 0.1) is 0 Å². The fourth-order valence-corrected chi connectivity index (χ4v) is 7.91. The molecule has 0 fully saturated rings. The molecule has 0 unspecified atom stereocenters. The van der Waals surface area contributed by atoms with Gasteiger partial charge >= 0.3 is 0 Å². The number of nitrogens with one attached hydrogen (secondary N) is 1. The van der Waals surface area contributed by atoms with Crippen molar-refractivity contribution in [3.05, 3.63) is 176 Å². The molecule has 3 N–H and O–H groups in total. The lowest BCUT2D eigenvalue weighted by molar-refractivity contribution is -0.391. The predicted molar refractivity (Wildman–Crippen MR) is 207 cm³/mol. The van der Waals surface area contributed by atoms with Crippen LogP contribution in [0.3, 0.4) is 0 Å². The lowest BCUT2D eigenvalue weighted by atomic mass is 9.82. The van der Waals surface area contributed by atoms with Gasteiger partial charge in [0.1, 0.15) is 0 Å². The van der Waals surface area contributed by atoms with Gasteiger partial charge in [0.15, 0.2) is 5.70 Å². The van der Waals surface area contributed by atoms with Crippen molar-refractivity contribution in [2.45, 2.75) is 0 Å². The summed E-state index contributed by atoms with van der Waals surface area (Å²) in [5, 5.41) is 8.17. The van der Waals surface area contributed by atoms with Crippen LogP contribution < -0.4 is 11.1 Å². The van der Waals surface area contributed by atoms with E-state index in [1.165, 1.54) is 77.2 Å². The lowest BCUT2D eigenvalue weighted by Crippen LogP contribution is -2.33. The molecule has 1 aliphatic heterocycles. The molecule has 1 heterocycles. The van der Waals surface area contributed by atoms with E-state index >= 15 is 0 Å². The number of fused-ring (bicyclic) bond motifs is 4. The molecular formula is C46H34N3+. The first-order chi connectivity index (χ1) is 24.2. The molecule has 0 atom stereocenters. The van der Waals surface area contributed by atoms with Crippen LogP contribution in [-0.4, -0.2) is 17.3 Å². The second kappa shape index (κ2) is 11.4.